The highest BCUT2D eigenvalue weighted by molar-refractivity contribution is 7.89. The molecule has 0 bridgehead atoms. The van der Waals surface area contributed by atoms with Gasteiger partial charge in [0.25, 0.3) is 6.43 Å². The molecule has 1 aromatic carbocycles. The van der Waals surface area contributed by atoms with Crippen LogP contribution in [0.4, 0.5) is 18.9 Å². The molecule has 1 fully saturated rings. The highest BCUT2D eigenvalue weighted by Crippen LogP contribution is 2.34. The average Bonchev–Trinajstić information content (AvgIpc) is 3.07. The molecule has 166 valence electrons. The van der Waals surface area contributed by atoms with Crippen molar-refractivity contribution in [2.75, 3.05) is 13.1 Å². The first kappa shape index (κ1) is 23.0. The molecule has 2 aromatic rings. The zero-order chi connectivity index (χ0) is 23.0. The lowest BCUT2D eigenvalue weighted by Gasteiger charge is -2.31. The number of aliphatic hydroxyl groups excluding tert-OH is 1. The van der Waals surface area contributed by atoms with Crippen molar-refractivity contribution in [3.05, 3.63) is 59.5 Å². The second-order valence-electron chi connectivity index (χ2n) is 7.02. The van der Waals surface area contributed by atoms with Crippen LogP contribution in [0.5, 0.6) is 5.75 Å². The van der Waals surface area contributed by atoms with Gasteiger partial charge in [0, 0.05) is 18.8 Å². The van der Waals surface area contributed by atoms with E-state index >= 15 is 0 Å². The maximum absolute atomic E-state index is 13.9. The molecular weight excluding hydrogens is 439 g/mol. The number of halogens is 3. The summed E-state index contributed by atoms with van der Waals surface area (Å²) in [6.07, 6.45) is -4.79. The Bertz CT molecular complexity index is 1110. The van der Waals surface area contributed by atoms with Gasteiger partial charge in [0.1, 0.15) is 33.9 Å². The molecule has 31 heavy (non-hydrogen) atoms. The summed E-state index contributed by atoms with van der Waals surface area (Å²) in [6.45, 7) is 7.14. The van der Waals surface area contributed by atoms with E-state index in [-0.39, 0.29) is 16.3 Å². The van der Waals surface area contributed by atoms with Crippen molar-refractivity contribution in [2.45, 2.75) is 36.1 Å². The van der Waals surface area contributed by atoms with Crippen molar-refractivity contribution in [2.24, 2.45) is 0 Å². The maximum Gasteiger partial charge on any atom is 0.280 e. The number of alkyl halides is 2. The molecule has 3 rings (SSSR count). The minimum atomic E-state index is -4.27. The molecule has 0 aliphatic carbocycles. The predicted molar refractivity (Wildman–Crippen MR) is 102 cm³/mol. The predicted octanol–water partition coefficient (Wildman–Crippen LogP) is 2.27. The number of pyridine rings is 1. The van der Waals surface area contributed by atoms with Crippen LogP contribution in [0, 0.1) is 12.4 Å². The van der Waals surface area contributed by atoms with E-state index < -0.39 is 58.9 Å². The third kappa shape index (κ3) is 4.35. The summed E-state index contributed by atoms with van der Waals surface area (Å²) in [5.74, 6) is -0.933. The molecule has 0 radical (unpaired) electrons. The minimum absolute atomic E-state index is 0.0730. The lowest BCUT2D eigenvalue weighted by atomic mass is 9.94. The third-order valence-corrected chi connectivity index (χ3v) is 6.81. The number of sulfonamides is 1. The number of ether oxygens (including phenoxy) is 1. The summed E-state index contributed by atoms with van der Waals surface area (Å²) in [4.78, 5) is 6.04. The lowest BCUT2D eigenvalue weighted by molar-refractivity contribution is -0.104. The van der Waals surface area contributed by atoms with Crippen molar-refractivity contribution >= 4 is 15.7 Å². The van der Waals surface area contributed by atoms with E-state index in [4.69, 9.17) is 11.3 Å². The molecule has 1 saturated heterocycles. The fourth-order valence-corrected chi connectivity index (χ4v) is 4.59. The number of benzene rings is 1. The summed E-state index contributed by atoms with van der Waals surface area (Å²) in [5.41, 5.74) is -2.88. The van der Waals surface area contributed by atoms with Crippen LogP contribution in [0.2, 0.25) is 0 Å². The van der Waals surface area contributed by atoms with Crippen LogP contribution in [0.1, 0.15) is 19.0 Å². The van der Waals surface area contributed by atoms with E-state index in [1.54, 1.807) is 0 Å². The Morgan fingerprint density at radius 3 is 2.58 bits per heavy atom. The normalized spacial score (nSPS) is 23.0. The molecular formula is C19H18F3N3O5S. The molecule has 2 N–H and O–H groups in total. The molecule has 8 nitrogen and oxygen atoms in total. The number of hydrogen-bond acceptors (Lipinski definition) is 6. The maximum atomic E-state index is 13.9. The van der Waals surface area contributed by atoms with Gasteiger partial charge in [0.15, 0.2) is 0 Å². The van der Waals surface area contributed by atoms with E-state index in [1.807, 2.05) is 0 Å². The van der Waals surface area contributed by atoms with Crippen LogP contribution in [-0.2, 0) is 10.0 Å². The summed E-state index contributed by atoms with van der Waals surface area (Å²) in [5, 5.41) is 21.0. The molecule has 2 heterocycles. The summed E-state index contributed by atoms with van der Waals surface area (Å²) in [7, 11) is -4.27. The van der Waals surface area contributed by atoms with Crippen LogP contribution in [-0.4, -0.2) is 58.8 Å². The molecule has 12 heteroatoms. The zero-order valence-electron chi connectivity index (χ0n) is 16.1. The van der Waals surface area contributed by atoms with Gasteiger partial charge in [-0.25, -0.2) is 26.4 Å². The Morgan fingerprint density at radius 1 is 1.35 bits per heavy atom. The highest BCUT2D eigenvalue weighted by Gasteiger charge is 2.53. The second-order valence-corrected chi connectivity index (χ2v) is 8.95. The standard InChI is InChI=1S/C19H18F3N3O5S/c1-11(26)19(27)10-25(31(28,29)13-4-6-16(18(21)22)24-8-13)9-17(19)30-12-3-5-15(23-2)14(20)7-12/h3-8,11,17-18,26-27H,9-10H2,1H3/t11-,17+,19-/m1/s1. The Hall–Kier alpha value is -2.72. The summed E-state index contributed by atoms with van der Waals surface area (Å²) in [6, 6.07) is 5.21. The SMILES string of the molecule is [C-]#[N+]c1ccc(O[C@H]2CN(S(=O)(=O)c3ccc(C(F)F)nc3)C[C@@]2(O)[C@@H](C)O)cc1F. The Labute approximate surface area is 176 Å². The van der Waals surface area contributed by atoms with Gasteiger partial charge >= 0.3 is 0 Å². The highest BCUT2D eigenvalue weighted by atomic mass is 32.2. The van der Waals surface area contributed by atoms with E-state index in [0.29, 0.717) is 0 Å². The van der Waals surface area contributed by atoms with Crippen molar-refractivity contribution in [1.82, 2.24) is 9.29 Å². The van der Waals surface area contributed by atoms with Gasteiger partial charge in [0.2, 0.25) is 15.7 Å². The molecule has 3 atom stereocenters. The molecule has 1 aliphatic rings. The van der Waals surface area contributed by atoms with Crippen molar-refractivity contribution in [3.8, 4) is 5.75 Å². The van der Waals surface area contributed by atoms with E-state index in [1.165, 1.54) is 19.1 Å². The van der Waals surface area contributed by atoms with Crippen LogP contribution in [0.25, 0.3) is 4.85 Å². The van der Waals surface area contributed by atoms with Crippen molar-refractivity contribution in [3.63, 3.8) is 0 Å². The minimum Gasteiger partial charge on any atom is -0.486 e. The van der Waals surface area contributed by atoms with E-state index in [9.17, 15) is 31.8 Å². The van der Waals surface area contributed by atoms with Gasteiger partial charge < -0.3 is 14.9 Å². The van der Waals surface area contributed by atoms with Gasteiger partial charge in [-0.05, 0) is 31.2 Å². The van der Waals surface area contributed by atoms with E-state index in [0.717, 1.165) is 28.7 Å². The first-order valence-electron chi connectivity index (χ1n) is 8.97. The molecule has 0 amide bonds. The number of aliphatic hydroxyl groups is 2. The largest absolute Gasteiger partial charge is 0.486 e. The Morgan fingerprint density at radius 2 is 2.06 bits per heavy atom. The second kappa shape index (κ2) is 8.43. The van der Waals surface area contributed by atoms with Gasteiger partial charge in [-0.1, -0.05) is 0 Å². The Kier molecular flexibility index (Phi) is 6.24. The first-order valence-corrected chi connectivity index (χ1v) is 10.4. The molecule has 1 aromatic heterocycles. The number of aromatic nitrogens is 1. The van der Waals surface area contributed by atoms with Crippen LogP contribution in [0.15, 0.2) is 41.4 Å². The molecule has 0 saturated carbocycles. The third-order valence-electron chi connectivity index (χ3n) is 5.02. The quantitative estimate of drug-likeness (QED) is 0.645. The Balaban J connectivity index is 1.89. The van der Waals surface area contributed by atoms with Gasteiger partial charge in [-0.3, -0.25) is 4.98 Å². The fraction of sp³-hybridized carbons (Fsp3) is 0.368. The van der Waals surface area contributed by atoms with Gasteiger partial charge in [-0.15, -0.1) is 0 Å². The molecule has 0 unspecified atom stereocenters. The van der Waals surface area contributed by atoms with Crippen LogP contribution < -0.4 is 4.74 Å². The van der Waals surface area contributed by atoms with E-state index in [2.05, 4.69) is 9.83 Å². The molecule has 1 aliphatic heterocycles. The summed E-state index contributed by atoms with van der Waals surface area (Å²) >= 11 is 0. The average molecular weight is 457 g/mol. The van der Waals surface area contributed by atoms with Crippen LogP contribution in [0.3, 0.4) is 0 Å². The lowest BCUT2D eigenvalue weighted by Crippen LogP contribution is -2.53. The van der Waals surface area contributed by atoms with Crippen molar-refractivity contribution in [1.29, 1.82) is 0 Å². The topological polar surface area (TPSA) is 104 Å². The smallest absolute Gasteiger partial charge is 0.280 e. The summed E-state index contributed by atoms with van der Waals surface area (Å²) < 4.78 is 71.5. The van der Waals surface area contributed by atoms with Gasteiger partial charge in [-0.2, -0.15) is 4.31 Å². The zero-order valence-corrected chi connectivity index (χ0v) is 16.9. The van der Waals surface area contributed by atoms with Gasteiger partial charge in [0.05, 0.1) is 19.2 Å². The number of nitrogens with zero attached hydrogens (tertiary/aromatic N) is 3. The van der Waals surface area contributed by atoms with Crippen molar-refractivity contribution < 1.29 is 36.5 Å². The number of rotatable bonds is 6. The number of hydrogen-bond donors (Lipinski definition) is 2. The first-order chi connectivity index (χ1) is 14.5. The van der Waals surface area contributed by atoms with Crippen LogP contribution >= 0.6 is 0 Å². The molecule has 0 spiro atoms. The number of β-amino-alcohol motifs (C(OH)–C–C–N with tert-alkyl or cyclic N) is 1. The fourth-order valence-electron chi connectivity index (χ4n) is 3.15. The monoisotopic (exact) mass is 457 g/mol.